The molecule has 0 spiro atoms. The molecule has 0 amide bonds. The lowest BCUT2D eigenvalue weighted by molar-refractivity contribution is 0.0526. The molecule has 2 heterocycles. The minimum Gasteiger partial charge on any atom is -0.462 e. The number of imidazole rings is 1. The third-order valence-corrected chi connectivity index (χ3v) is 3.89. The lowest BCUT2D eigenvalue weighted by Crippen LogP contribution is -2.04. The molecule has 0 saturated heterocycles. The molecule has 7 nitrogen and oxygen atoms in total. The van der Waals surface area contributed by atoms with Crippen LogP contribution >= 0.6 is 0 Å². The van der Waals surface area contributed by atoms with Gasteiger partial charge in [-0.3, -0.25) is 0 Å². The Balaban J connectivity index is 1.49. The van der Waals surface area contributed by atoms with Gasteiger partial charge in [-0.15, -0.1) is 0 Å². The summed E-state index contributed by atoms with van der Waals surface area (Å²) in [5, 5.41) is 3.24. The summed E-state index contributed by atoms with van der Waals surface area (Å²) in [5.41, 5.74) is 3.11. The molecule has 0 radical (unpaired) electrons. The van der Waals surface area contributed by atoms with Crippen molar-refractivity contribution in [3.8, 4) is 11.5 Å². The van der Waals surface area contributed by atoms with Gasteiger partial charge in [0, 0.05) is 6.54 Å². The number of fused-ring (bicyclic) bond motifs is 2. The van der Waals surface area contributed by atoms with Gasteiger partial charge in [-0.25, -0.2) is 9.78 Å². The zero-order valence-electron chi connectivity index (χ0n) is 13.7. The van der Waals surface area contributed by atoms with E-state index in [2.05, 4.69) is 15.3 Å². The van der Waals surface area contributed by atoms with Crippen LogP contribution in [0.1, 0.15) is 22.8 Å². The van der Waals surface area contributed by atoms with E-state index < -0.39 is 0 Å². The van der Waals surface area contributed by atoms with Crippen molar-refractivity contribution in [2.45, 2.75) is 13.5 Å². The summed E-state index contributed by atoms with van der Waals surface area (Å²) in [6, 6.07) is 11.1. The molecule has 0 fully saturated rings. The predicted octanol–water partition coefficient (Wildman–Crippen LogP) is 3.08. The molecule has 0 atom stereocenters. The largest absolute Gasteiger partial charge is 0.462 e. The molecular weight excluding hydrogens is 322 g/mol. The van der Waals surface area contributed by atoms with E-state index in [-0.39, 0.29) is 12.8 Å². The molecule has 0 unspecified atom stereocenters. The van der Waals surface area contributed by atoms with E-state index in [4.69, 9.17) is 14.2 Å². The van der Waals surface area contributed by atoms with Crippen molar-refractivity contribution in [2.75, 3.05) is 18.7 Å². The summed E-state index contributed by atoms with van der Waals surface area (Å²) < 4.78 is 15.7. The Morgan fingerprint density at radius 1 is 1.24 bits per heavy atom. The summed E-state index contributed by atoms with van der Waals surface area (Å²) in [7, 11) is 0. The highest BCUT2D eigenvalue weighted by Crippen LogP contribution is 2.32. The van der Waals surface area contributed by atoms with Crippen LogP contribution in [0.2, 0.25) is 0 Å². The second-order valence-corrected chi connectivity index (χ2v) is 5.58. The molecule has 0 aliphatic carbocycles. The van der Waals surface area contributed by atoms with Crippen LogP contribution in [0, 0.1) is 0 Å². The van der Waals surface area contributed by atoms with Crippen molar-refractivity contribution >= 4 is 23.0 Å². The number of anilines is 1. The van der Waals surface area contributed by atoms with Crippen molar-refractivity contribution in [1.29, 1.82) is 0 Å². The molecule has 1 aromatic heterocycles. The number of benzene rings is 2. The van der Waals surface area contributed by atoms with E-state index >= 15 is 0 Å². The van der Waals surface area contributed by atoms with Crippen molar-refractivity contribution in [3.05, 3.63) is 47.5 Å². The van der Waals surface area contributed by atoms with Gasteiger partial charge in [-0.1, -0.05) is 6.07 Å². The number of nitrogens with one attached hydrogen (secondary N) is 2. The van der Waals surface area contributed by atoms with Crippen LogP contribution in [-0.2, 0) is 11.3 Å². The highest BCUT2D eigenvalue weighted by molar-refractivity contribution is 5.94. The number of rotatable bonds is 5. The molecule has 2 aromatic carbocycles. The third kappa shape index (κ3) is 3.08. The average molecular weight is 339 g/mol. The summed E-state index contributed by atoms with van der Waals surface area (Å²) in [5.74, 6) is 1.81. The van der Waals surface area contributed by atoms with Crippen molar-refractivity contribution in [2.24, 2.45) is 0 Å². The number of aromatic amines is 1. The Bertz CT molecular complexity index is 935. The highest BCUT2D eigenvalue weighted by Gasteiger charge is 2.13. The maximum absolute atomic E-state index is 11.8. The standard InChI is InChI=1S/C18H17N3O4/c1-2-23-17(22)12-4-5-13-14(8-12)21-18(20-13)19-9-11-3-6-15-16(7-11)25-10-24-15/h3-8H,2,9-10H2,1H3,(H2,19,20,21). The molecular formula is C18H17N3O4. The van der Waals surface area contributed by atoms with Crippen LogP contribution in [-0.4, -0.2) is 29.3 Å². The zero-order chi connectivity index (χ0) is 17.2. The summed E-state index contributed by atoms with van der Waals surface area (Å²) >= 11 is 0. The minimum atomic E-state index is -0.339. The van der Waals surface area contributed by atoms with E-state index in [0.717, 1.165) is 28.1 Å². The van der Waals surface area contributed by atoms with E-state index in [0.29, 0.717) is 24.7 Å². The van der Waals surface area contributed by atoms with Crippen molar-refractivity contribution in [3.63, 3.8) is 0 Å². The van der Waals surface area contributed by atoms with Gasteiger partial charge in [0.2, 0.25) is 12.7 Å². The van der Waals surface area contributed by atoms with E-state index in [1.165, 1.54) is 0 Å². The monoisotopic (exact) mass is 339 g/mol. The third-order valence-electron chi connectivity index (χ3n) is 3.89. The van der Waals surface area contributed by atoms with Gasteiger partial charge in [0.25, 0.3) is 0 Å². The highest BCUT2D eigenvalue weighted by atomic mass is 16.7. The maximum atomic E-state index is 11.8. The SMILES string of the molecule is CCOC(=O)c1ccc2nc(NCc3ccc4c(c3)OCO4)[nH]c2c1. The first-order valence-corrected chi connectivity index (χ1v) is 8.02. The number of H-pyrrole nitrogens is 1. The Labute approximate surface area is 143 Å². The summed E-state index contributed by atoms with van der Waals surface area (Å²) in [4.78, 5) is 19.4. The van der Waals surface area contributed by atoms with Crippen molar-refractivity contribution in [1.82, 2.24) is 9.97 Å². The molecule has 25 heavy (non-hydrogen) atoms. The second-order valence-electron chi connectivity index (χ2n) is 5.58. The van der Waals surface area contributed by atoms with E-state index in [1.807, 2.05) is 18.2 Å². The second kappa shape index (κ2) is 6.35. The number of carbonyl (C=O) groups is 1. The quantitative estimate of drug-likeness (QED) is 0.695. The van der Waals surface area contributed by atoms with Crippen LogP contribution in [0.5, 0.6) is 11.5 Å². The zero-order valence-corrected chi connectivity index (χ0v) is 13.7. The molecule has 2 N–H and O–H groups in total. The fourth-order valence-corrected chi connectivity index (χ4v) is 2.67. The van der Waals surface area contributed by atoms with Crippen LogP contribution in [0.3, 0.4) is 0 Å². The number of esters is 1. The predicted molar refractivity (Wildman–Crippen MR) is 91.9 cm³/mol. The lowest BCUT2D eigenvalue weighted by Gasteiger charge is -2.04. The van der Waals surface area contributed by atoms with E-state index in [1.54, 1.807) is 25.1 Å². The fourth-order valence-electron chi connectivity index (χ4n) is 2.67. The Kier molecular flexibility index (Phi) is 3.89. The topological polar surface area (TPSA) is 85.5 Å². The first kappa shape index (κ1) is 15.3. The van der Waals surface area contributed by atoms with Crippen LogP contribution < -0.4 is 14.8 Å². The van der Waals surface area contributed by atoms with Crippen LogP contribution in [0.15, 0.2) is 36.4 Å². The molecule has 3 aromatic rings. The van der Waals surface area contributed by atoms with Gasteiger partial charge in [-0.05, 0) is 42.8 Å². The normalized spacial score (nSPS) is 12.4. The molecule has 1 aliphatic heterocycles. The number of hydrogen-bond acceptors (Lipinski definition) is 6. The maximum Gasteiger partial charge on any atom is 0.338 e. The average Bonchev–Trinajstić information content (AvgIpc) is 3.25. The number of aromatic nitrogens is 2. The summed E-state index contributed by atoms with van der Waals surface area (Å²) in [6.07, 6.45) is 0. The number of ether oxygens (including phenoxy) is 3. The number of hydrogen-bond donors (Lipinski definition) is 2. The van der Waals surface area contributed by atoms with Crippen LogP contribution in [0.4, 0.5) is 5.95 Å². The van der Waals surface area contributed by atoms with Gasteiger partial charge in [0.05, 0.1) is 23.2 Å². The van der Waals surface area contributed by atoms with Crippen molar-refractivity contribution < 1.29 is 19.0 Å². The van der Waals surface area contributed by atoms with Gasteiger partial charge in [0.15, 0.2) is 11.5 Å². The Hall–Kier alpha value is -3.22. The fraction of sp³-hybridized carbons (Fsp3) is 0.222. The molecule has 1 aliphatic rings. The van der Waals surface area contributed by atoms with E-state index in [9.17, 15) is 4.79 Å². The molecule has 0 saturated carbocycles. The Morgan fingerprint density at radius 2 is 2.12 bits per heavy atom. The molecule has 4 rings (SSSR count). The molecule has 7 heteroatoms. The smallest absolute Gasteiger partial charge is 0.338 e. The first-order valence-electron chi connectivity index (χ1n) is 8.02. The molecule has 0 bridgehead atoms. The summed E-state index contributed by atoms with van der Waals surface area (Å²) in [6.45, 7) is 2.98. The van der Waals surface area contributed by atoms with Crippen LogP contribution in [0.25, 0.3) is 11.0 Å². The number of carbonyl (C=O) groups excluding carboxylic acids is 1. The minimum absolute atomic E-state index is 0.262. The van der Waals surface area contributed by atoms with Gasteiger partial charge >= 0.3 is 5.97 Å². The van der Waals surface area contributed by atoms with Gasteiger partial charge in [-0.2, -0.15) is 0 Å². The first-order chi connectivity index (χ1) is 12.2. The Morgan fingerprint density at radius 3 is 3.00 bits per heavy atom. The molecule has 128 valence electrons. The lowest BCUT2D eigenvalue weighted by atomic mass is 10.2. The van der Waals surface area contributed by atoms with Gasteiger partial charge in [0.1, 0.15) is 0 Å². The van der Waals surface area contributed by atoms with Gasteiger partial charge < -0.3 is 24.5 Å². The number of nitrogens with zero attached hydrogens (tertiary/aromatic N) is 1.